The van der Waals surface area contributed by atoms with Gasteiger partial charge in [0.05, 0.1) is 19.8 Å². The number of carbonyl (C=O) groups excluding carboxylic acids is 2. The number of methoxy groups -OCH3 is 2. The van der Waals surface area contributed by atoms with Crippen LogP contribution in [0, 0.1) is 6.92 Å². The second-order valence-corrected chi connectivity index (χ2v) is 5.35. The zero-order chi connectivity index (χ0) is 18.2. The van der Waals surface area contributed by atoms with E-state index in [4.69, 9.17) is 9.47 Å². The number of carbonyl (C=O) groups is 2. The first-order chi connectivity index (χ1) is 12.0. The fourth-order valence-electron chi connectivity index (χ4n) is 2.23. The van der Waals surface area contributed by atoms with Crippen molar-refractivity contribution >= 4 is 11.9 Å². The van der Waals surface area contributed by atoms with E-state index in [1.54, 1.807) is 12.1 Å². The number of nitrogens with one attached hydrogen (secondary N) is 1. The Bertz CT molecular complexity index is 757. The lowest BCUT2D eigenvalue weighted by molar-refractivity contribution is -0.123. The average molecular weight is 343 g/mol. The van der Waals surface area contributed by atoms with Gasteiger partial charge in [-0.3, -0.25) is 4.79 Å². The van der Waals surface area contributed by atoms with Crippen molar-refractivity contribution in [3.63, 3.8) is 0 Å². The summed E-state index contributed by atoms with van der Waals surface area (Å²) in [6.07, 6.45) is 0. The lowest BCUT2D eigenvalue weighted by atomic mass is 10.1. The van der Waals surface area contributed by atoms with Gasteiger partial charge in [0.25, 0.3) is 5.91 Å². The highest BCUT2D eigenvalue weighted by atomic mass is 16.5. The smallest absolute Gasteiger partial charge is 0.337 e. The molecule has 0 bridgehead atoms. The Morgan fingerprint density at radius 2 is 1.80 bits per heavy atom. The normalized spacial score (nSPS) is 10.0. The van der Waals surface area contributed by atoms with Gasteiger partial charge in [-0.25, -0.2) is 4.79 Å². The van der Waals surface area contributed by atoms with Crippen molar-refractivity contribution in [1.82, 2.24) is 5.32 Å². The standard InChI is InChI=1S/C19H21NO5/c1-13-6-4-5-7-15(13)11-20-18(21)12-25-16-9-8-14(19(22)24-3)10-17(16)23-2/h4-10H,11-12H2,1-3H3,(H,20,21). The number of aryl methyl sites for hydroxylation is 1. The molecular formula is C19H21NO5. The minimum atomic E-state index is -0.471. The van der Waals surface area contributed by atoms with Gasteiger partial charge in [0.2, 0.25) is 0 Å². The number of esters is 1. The fraction of sp³-hybridized carbons (Fsp3) is 0.263. The van der Waals surface area contributed by atoms with E-state index in [0.29, 0.717) is 23.6 Å². The van der Waals surface area contributed by atoms with Crippen LogP contribution in [-0.4, -0.2) is 32.7 Å². The third-order valence-electron chi connectivity index (χ3n) is 3.68. The minimum absolute atomic E-state index is 0.153. The molecule has 2 aromatic rings. The summed E-state index contributed by atoms with van der Waals surface area (Å²) >= 11 is 0. The van der Waals surface area contributed by atoms with Crippen LogP contribution in [0.2, 0.25) is 0 Å². The van der Waals surface area contributed by atoms with E-state index in [1.165, 1.54) is 20.3 Å². The van der Waals surface area contributed by atoms with Gasteiger partial charge in [0.1, 0.15) is 0 Å². The number of amides is 1. The van der Waals surface area contributed by atoms with Crippen LogP contribution in [0.25, 0.3) is 0 Å². The maximum absolute atomic E-state index is 12.0. The average Bonchev–Trinajstić information content (AvgIpc) is 2.64. The van der Waals surface area contributed by atoms with Gasteiger partial charge < -0.3 is 19.5 Å². The molecule has 6 nitrogen and oxygen atoms in total. The molecule has 0 atom stereocenters. The van der Waals surface area contributed by atoms with E-state index < -0.39 is 5.97 Å². The molecule has 0 aliphatic rings. The molecule has 1 N–H and O–H groups in total. The molecule has 2 aromatic carbocycles. The number of benzene rings is 2. The Morgan fingerprint density at radius 1 is 1.04 bits per heavy atom. The molecule has 0 aliphatic heterocycles. The largest absolute Gasteiger partial charge is 0.493 e. The van der Waals surface area contributed by atoms with Crippen LogP contribution < -0.4 is 14.8 Å². The molecule has 132 valence electrons. The Labute approximate surface area is 146 Å². The molecule has 0 aromatic heterocycles. The molecular weight excluding hydrogens is 322 g/mol. The van der Waals surface area contributed by atoms with Crippen molar-refractivity contribution in [3.8, 4) is 11.5 Å². The van der Waals surface area contributed by atoms with E-state index in [-0.39, 0.29) is 12.5 Å². The molecule has 0 radical (unpaired) electrons. The van der Waals surface area contributed by atoms with Crippen molar-refractivity contribution in [2.24, 2.45) is 0 Å². The van der Waals surface area contributed by atoms with Crippen LogP contribution in [0.5, 0.6) is 11.5 Å². The van der Waals surface area contributed by atoms with Crippen LogP contribution >= 0.6 is 0 Å². The lowest BCUT2D eigenvalue weighted by Crippen LogP contribution is -2.28. The Hall–Kier alpha value is -3.02. The molecule has 0 saturated heterocycles. The third-order valence-corrected chi connectivity index (χ3v) is 3.68. The summed E-state index contributed by atoms with van der Waals surface area (Å²) < 4.78 is 15.3. The van der Waals surface area contributed by atoms with E-state index in [1.807, 2.05) is 31.2 Å². The second kappa shape index (κ2) is 8.73. The van der Waals surface area contributed by atoms with Crippen LogP contribution in [0.1, 0.15) is 21.5 Å². The molecule has 2 rings (SSSR count). The molecule has 0 unspecified atom stereocenters. The zero-order valence-corrected chi connectivity index (χ0v) is 14.5. The van der Waals surface area contributed by atoms with E-state index in [0.717, 1.165) is 11.1 Å². The highest BCUT2D eigenvalue weighted by Gasteiger charge is 2.12. The maximum Gasteiger partial charge on any atom is 0.337 e. The summed E-state index contributed by atoms with van der Waals surface area (Å²) in [5, 5.41) is 2.81. The monoisotopic (exact) mass is 343 g/mol. The third kappa shape index (κ3) is 4.97. The highest BCUT2D eigenvalue weighted by Crippen LogP contribution is 2.28. The zero-order valence-electron chi connectivity index (χ0n) is 14.5. The Balaban J connectivity index is 1.93. The van der Waals surface area contributed by atoms with Crippen molar-refractivity contribution in [1.29, 1.82) is 0 Å². The van der Waals surface area contributed by atoms with E-state index >= 15 is 0 Å². The number of hydrogen-bond acceptors (Lipinski definition) is 5. The van der Waals surface area contributed by atoms with E-state index in [2.05, 4.69) is 10.1 Å². The van der Waals surface area contributed by atoms with Gasteiger partial charge in [0, 0.05) is 6.54 Å². The van der Waals surface area contributed by atoms with Gasteiger partial charge in [-0.05, 0) is 36.2 Å². The summed E-state index contributed by atoms with van der Waals surface area (Å²) in [4.78, 5) is 23.5. The van der Waals surface area contributed by atoms with Gasteiger partial charge in [-0.2, -0.15) is 0 Å². The molecule has 25 heavy (non-hydrogen) atoms. The van der Waals surface area contributed by atoms with Crippen molar-refractivity contribution in [2.75, 3.05) is 20.8 Å². The van der Waals surface area contributed by atoms with Gasteiger partial charge in [0.15, 0.2) is 18.1 Å². The van der Waals surface area contributed by atoms with Crippen molar-refractivity contribution in [2.45, 2.75) is 13.5 Å². The van der Waals surface area contributed by atoms with Gasteiger partial charge in [-0.15, -0.1) is 0 Å². The molecule has 0 fully saturated rings. The molecule has 0 saturated carbocycles. The van der Waals surface area contributed by atoms with Crippen molar-refractivity contribution in [3.05, 3.63) is 59.2 Å². The summed E-state index contributed by atoms with van der Waals surface area (Å²) in [6.45, 7) is 2.28. The first-order valence-corrected chi connectivity index (χ1v) is 7.75. The quantitative estimate of drug-likeness (QED) is 0.782. The Kier molecular flexibility index (Phi) is 6.39. The van der Waals surface area contributed by atoms with E-state index in [9.17, 15) is 9.59 Å². The maximum atomic E-state index is 12.0. The highest BCUT2D eigenvalue weighted by molar-refractivity contribution is 5.90. The van der Waals surface area contributed by atoms with Gasteiger partial charge >= 0.3 is 5.97 Å². The Morgan fingerprint density at radius 3 is 2.48 bits per heavy atom. The molecule has 0 heterocycles. The molecule has 0 spiro atoms. The number of ether oxygens (including phenoxy) is 3. The summed E-state index contributed by atoms with van der Waals surface area (Å²) in [5.41, 5.74) is 2.51. The topological polar surface area (TPSA) is 73.9 Å². The first kappa shape index (κ1) is 18.3. The van der Waals surface area contributed by atoms with Crippen molar-refractivity contribution < 1.29 is 23.8 Å². The van der Waals surface area contributed by atoms with Gasteiger partial charge in [-0.1, -0.05) is 24.3 Å². The van der Waals surface area contributed by atoms with Crippen LogP contribution in [0.3, 0.4) is 0 Å². The number of rotatable bonds is 7. The van der Waals surface area contributed by atoms with Crippen LogP contribution in [-0.2, 0) is 16.1 Å². The second-order valence-electron chi connectivity index (χ2n) is 5.35. The van der Waals surface area contributed by atoms with Crippen LogP contribution in [0.15, 0.2) is 42.5 Å². The molecule has 6 heteroatoms. The first-order valence-electron chi connectivity index (χ1n) is 7.75. The SMILES string of the molecule is COC(=O)c1ccc(OCC(=O)NCc2ccccc2C)c(OC)c1. The fourth-order valence-corrected chi connectivity index (χ4v) is 2.23. The predicted molar refractivity (Wildman–Crippen MR) is 92.9 cm³/mol. The lowest BCUT2D eigenvalue weighted by Gasteiger charge is -2.12. The summed E-state index contributed by atoms with van der Waals surface area (Å²) in [7, 11) is 2.76. The van der Waals surface area contributed by atoms with Crippen LogP contribution in [0.4, 0.5) is 0 Å². The molecule has 0 aliphatic carbocycles. The molecule has 1 amide bonds. The summed E-state index contributed by atoms with van der Waals surface area (Å²) in [6, 6.07) is 12.5. The number of hydrogen-bond donors (Lipinski definition) is 1. The summed E-state index contributed by atoms with van der Waals surface area (Å²) in [5.74, 6) is 0.0129. The minimum Gasteiger partial charge on any atom is -0.493 e. The predicted octanol–water partition coefficient (Wildman–Crippen LogP) is 2.49.